The number of aromatic nitrogens is 4. The quantitative estimate of drug-likeness (QED) is 0.178. The number of para-hydroxylation sites is 1. The first kappa shape index (κ1) is 34.3. The number of hydrogen-bond donors (Lipinski definition) is 0. The molecule has 284 valence electrons. The Morgan fingerprint density at radius 2 is 0.885 bits per heavy atom. The topological polar surface area (TPSA) is 43.6 Å². The van der Waals surface area contributed by atoms with Crippen LogP contribution in [-0.2, 0) is 5.41 Å². The van der Waals surface area contributed by atoms with Crippen LogP contribution in [0.5, 0.6) is 0 Å². The second-order valence-electron chi connectivity index (χ2n) is 15.9. The van der Waals surface area contributed by atoms with Gasteiger partial charge in [0.05, 0.1) is 22.1 Å². The molecule has 5 heteroatoms. The largest absolute Gasteiger partial charge is 0.309 e. The van der Waals surface area contributed by atoms with Gasteiger partial charge in [-0.05, 0) is 75.2 Å². The first-order valence-electron chi connectivity index (χ1n) is 20.7. The van der Waals surface area contributed by atoms with Crippen LogP contribution in [0.4, 0.5) is 0 Å². The summed E-state index contributed by atoms with van der Waals surface area (Å²) in [5, 5.41) is 4.66. The van der Waals surface area contributed by atoms with E-state index >= 15 is 0 Å². The fraction of sp³-hybridized carbons (Fsp3) is 0.0179. The molecule has 61 heavy (non-hydrogen) atoms. The zero-order valence-corrected chi connectivity index (χ0v) is 33.6. The number of fused-ring (bicyclic) bond motifs is 13. The average molecular weight is 795 g/mol. The Kier molecular flexibility index (Phi) is 7.42. The Morgan fingerprint density at radius 3 is 1.57 bits per heavy atom. The molecule has 1 aliphatic carbocycles. The van der Waals surface area contributed by atoms with Gasteiger partial charge in [-0.25, -0.2) is 15.0 Å². The minimum atomic E-state index is -0.447. The van der Waals surface area contributed by atoms with Crippen molar-refractivity contribution in [3.8, 4) is 51.0 Å². The van der Waals surface area contributed by atoms with Gasteiger partial charge in [0.2, 0.25) is 0 Å². The van der Waals surface area contributed by atoms with Gasteiger partial charge in [-0.2, -0.15) is 0 Å². The van der Waals surface area contributed by atoms with Gasteiger partial charge in [-0.3, -0.25) is 0 Å². The van der Waals surface area contributed by atoms with Crippen molar-refractivity contribution in [1.29, 1.82) is 0 Å². The molecular weight excluding hydrogens is 761 g/mol. The van der Waals surface area contributed by atoms with Crippen molar-refractivity contribution < 1.29 is 0 Å². The molecule has 4 nitrogen and oxygen atoms in total. The molecule has 2 aliphatic rings. The third-order valence-electron chi connectivity index (χ3n) is 12.7. The normalized spacial score (nSPS) is 13.3. The van der Waals surface area contributed by atoms with Gasteiger partial charge >= 0.3 is 0 Å². The highest BCUT2D eigenvalue weighted by atomic mass is 32.2. The van der Waals surface area contributed by atoms with E-state index in [0.717, 1.165) is 33.2 Å². The van der Waals surface area contributed by atoms with Gasteiger partial charge in [0, 0.05) is 42.6 Å². The molecule has 0 amide bonds. The summed E-state index contributed by atoms with van der Waals surface area (Å²) in [6.07, 6.45) is 0. The molecule has 0 unspecified atom stereocenters. The number of hydrogen-bond acceptors (Lipinski definition) is 4. The first-order chi connectivity index (χ1) is 30.3. The van der Waals surface area contributed by atoms with Crippen LogP contribution < -0.4 is 0 Å². The predicted molar refractivity (Wildman–Crippen MR) is 249 cm³/mol. The molecule has 13 rings (SSSR count). The maximum Gasteiger partial charge on any atom is 0.164 e. The Morgan fingerprint density at radius 1 is 0.344 bits per heavy atom. The second kappa shape index (κ2) is 13.2. The molecule has 0 saturated carbocycles. The van der Waals surface area contributed by atoms with Crippen molar-refractivity contribution in [2.75, 3.05) is 0 Å². The van der Waals surface area contributed by atoms with Crippen LogP contribution in [0.25, 0.3) is 83.6 Å². The van der Waals surface area contributed by atoms with E-state index in [0.29, 0.717) is 17.5 Å². The molecule has 11 aromatic rings. The summed E-state index contributed by atoms with van der Waals surface area (Å²) >= 11 is 1.89. The van der Waals surface area contributed by atoms with Gasteiger partial charge < -0.3 is 4.57 Å². The maximum atomic E-state index is 5.14. The highest BCUT2D eigenvalue weighted by Crippen LogP contribution is 2.62. The van der Waals surface area contributed by atoms with E-state index in [2.05, 4.69) is 174 Å². The molecule has 0 fully saturated rings. The van der Waals surface area contributed by atoms with Gasteiger partial charge in [-0.1, -0.05) is 182 Å². The van der Waals surface area contributed by atoms with E-state index in [1.165, 1.54) is 65.0 Å². The third-order valence-corrected chi connectivity index (χ3v) is 13.9. The van der Waals surface area contributed by atoms with E-state index in [4.69, 9.17) is 15.0 Å². The molecule has 0 bridgehead atoms. The highest BCUT2D eigenvalue weighted by molar-refractivity contribution is 7.99. The van der Waals surface area contributed by atoms with E-state index in [9.17, 15) is 0 Å². The van der Waals surface area contributed by atoms with E-state index in [1.54, 1.807) is 0 Å². The first-order valence-corrected chi connectivity index (χ1v) is 21.5. The molecule has 1 spiro atoms. The van der Waals surface area contributed by atoms with Crippen molar-refractivity contribution in [2.45, 2.75) is 15.2 Å². The average Bonchev–Trinajstić information content (AvgIpc) is 3.81. The molecule has 2 aromatic heterocycles. The Balaban J connectivity index is 1.07. The molecule has 9 aromatic carbocycles. The Hall–Kier alpha value is -7.60. The minimum Gasteiger partial charge on any atom is -0.309 e. The van der Waals surface area contributed by atoms with Gasteiger partial charge in [0.25, 0.3) is 0 Å². The minimum absolute atomic E-state index is 0.447. The van der Waals surface area contributed by atoms with Crippen molar-refractivity contribution in [3.05, 3.63) is 229 Å². The van der Waals surface area contributed by atoms with Crippen LogP contribution in [0.2, 0.25) is 0 Å². The summed E-state index contributed by atoms with van der Waals surface area (Å²) in [4.78, 5) is 17.8. The summed E-state index contributed by atoms with van der Waals surface area (Å²) in [7, 11) is 0. The predicted octanol–water partition coefficient (Wildman–Crippen LogP) is 14.0. The lowest BCUT2D eigenvalue weighted by Crippen LogP contribution is -2.31. The summed E-state index contributed by atoms with van der Waals surface area (Å²) in [5.74, 6) is 1.94. The van der Waals surface area contributed by atoms with E-state index in [1.807, 2.05) is 48.2 Å². The standard InChI is InChI=1S/C56H34N4S/c1-3-17-35(18-4-1)53-57-54(36-19-5-2-6-20-36)59-55(58-53)42-31-32-49(40-24-8-7-21-37(40)42)60-48-29-15-11-25-41(48)43-33-47-52(34-50(43)60)61-51-30-16-14-28-46(51)56(47)44-26-12-9-22-38(44)39-23-10-13-27-45(39)56/h1-34H. The van der Waals surface area contributed by atoms with Crippen LogP contribution in [0.15, 0.2) is 216 Å². The van der Waals surface area contributed by atoms with E-state index in [-0.39, 0.29) is 0 Å². The van der Waals surface area contributed by atoms with Crippen molar-refractivity contribution in [3.63, 3.8) is 0 Å². The number of benzene rings is 9. The van der Waals surface area contributed by atoms with Crippen LogP contribution in [0.1, 0.15) is 22.3 Å². The van der Waals surface area contributed by atoms with Gasteiger partial charge in [0.1, 0.15) is 0 Å². The van der Waals surface area contributed by atoms with Gasteiger partial charge in [0.15, 0.2) is 17.5 Å². The molecule has 0 radical (unpaired) electrons. The molecule has 3 heterocycles. The molecular formula is C56H34N4S. The van der Waals surface area contributed by atoms with Crippen molar-refractivity contribution in [2.24, 2.45) is 0 Å². The summed E-state index contributed by atoms with van der Waals surface area (Å²) in [6.45, 7) is 0. The smallest absolute Gasteiger partial charge is 0.164 e. The van der Waals surface area contributed by atoms with Crippen LogP contribution in [0, 0.1) is 0 Å². The lowest BCUT2D eigenvalue weighted by molar-refractivity contribution is 0.724. The van der Waals surface area contributed by atoms with Crippen molar-refractivity contribution >= 4 is 44.3 Å². The second-order valence-corrected chi connectivity index (χ2v) is 17.0. The molecule has 0 saturated heterocycles. The summed E-state index contributed by atoms with van der Waals surface area (Å²) in [6, 6.07) is 74.4. The fourth-order valence-electron chi connectivity index (χ4n) is 10.2. The van der Waals surface area contributed by atoms with Crippen LogP contribution >= 0.6 is 11.8 Å². The Labute approximate surface area is 356 Å². The summed E-state index contributed by atoms with van der Waals surface area (Å²) < 4.78 is 2.47. The molecule has 1 aliphatic heterocycles. The number of rotatable bonds is 4. The molecule has 0 atom stereocenters. The zero-order chi connectivity index (χ0) is 40.1. The van der Waals surface area contributed by atoms with E-state index < -0.39 is 5.41 Å². The zero-order valence-electron chi connectivity index (χ0n) is 32.8. The molecule has 0 N–H and O–H groups in total. The van der Waals surface area contributed by atoms with Gasteiger partial charge in [-0.15, -0.1) is 0 Å². The Bertz CT molecular complexity index is 3470. The SMILES string of the molecule is c1ccc(-c2nc(-c3ccccc3)nc(-c3ccc(-n4c5ccccc5c5cc6c(cc54)Sc4ccccc4C64c5ccccc5-c5ccccc54)c4ccccc34)n2)cc1. The van der Waals surface area contributed by atoms with Crippen molar-refractivity contribution in [1.82, 2.24) is 19.5 Å². The highest BCUT2D eigenvalue weighted by Gasteiger charge is 2.50. The maximum absolute atomic E-state index is 5.14. The van der Waals surface area contributed by atoms with Crippen LogP contribution in [-0.4, -0.2) is 19.5 Å². The monoisotopic (exact) mass is 794 g/mol. The van der Waals surface area contributed by atoms with Crippen LogP contribution in [0.3, 0.4) is 0 Å². The third kappa shape index (κ3) is 4.92. The lowest BCUT2D eigenvalue weighted by atomic mass is 9.67. The fourth-order valence-corrected chi connectivity index (χ4v) is 11.4. The lowest BCUT2D eigenvalue weighted by Gasteiger charge is -2.39. The number of nitrogens with zero attached hydrogens (tertiary/aromatic N) is 4. The summed E-state index contributed by atoms with van der Waals surface area (Å²) in [5.41, 5.74) is 13.9.